The lowest BCUT2D eigenvalue weighted by molar-refractivity contribution is -0.138. The summed E-state index contributed by atoms with van der Waals surface area (Å²) in [7, 11) is -4.15. The summed E-state index contributed by atoms with van der Waals surface area (Å²) in [5, 5.41) is 27.2. The number of sulfonamides is 1. The zero-order valence-corrected chi connectivity index (χ0v) is 23.5. The summed E-state index contributed by atoms with van der Waals surface area (Å²) >= 11 is 0. The van der Waals surface area contributed by atoms with Gasteiger partial charge in [-0.25, -0.2) is 8.42 Å². The number of carbonyl (C=O) groups excluding carboxylic acids is 1. The largest absolute Gasteiger partial charge is 0.480 e. The maximum absolute atomic E-state index is 13.0. The van der Waals surface area contributed by atoms with Crippen LogP contribution in [-0.2, 0) is 21.4 Å². The van der Waals surface area contributed by atoms with Crippen LogP contribution in [0, 0.1) is 20.8 Å². The second-order valence-electron chi connectivity index (χ2n) is 9.81. The van der Waals surface area contributed by atoms with Crippen molar-refractivity contribution >= 4 is 32.8 Å². The zero-order valence-electron chi connectivity index (χ0n) is 22.7. The van der Waals surface area contributed by atoms with E-state index in [0.29, 0.717) is 23.2 Å². The van der Waals surface area contributed by atoms with Crippen LogP contribution in [0.25, 0.3) is 10.9 Å². The van der Waals surface area contributed by atoms with E-state index in [-0.39, 0.29) is 11.2 Å². The van der Waals surface area contributed by atoms with Crippen LogP contribution in [0.4, 0.5) is 0 Å². The van der Waals surface area contributed by atoms with Crippen LogP contribution in [0.3, 0.4) is 0 Å². The van der Waals surface area contributed by atoms with Gasteiger partial charge in [0.2, 0.25) is 10.0 Å². The van der Waals surface area contributed by atoms with Gasteiger partial charge in [-0.15, -0.1) is 0 Å². The van der Waals surface area contributed by atoms with Crippen molar-refractivity contribution in [2.75, 3.05) is 19.6 Å². The molecule has 2 heterocycles. The smallest absolute Gasteiger partial charge is 0.323 e. The van der Waals surface area contributed by atoms with Gasteiger partial charge in [0.15, 0.2) is 0 Å². The van der Waals surface area contributed by atoms with Gasteiger partial charge in [0.25, 0.3) is 5.91 Å². The van der Waals surface area contributed by atoms with Crippen LogP contribution in [0.5, 0.6) is 0 Å². The standard InChI is InChI=1S/C27H35N7O5S/c1-17-12-18(2)24(19(3)13-17)40(38,39)33-22(26(36)37)16-31-25(35)20-6-7-23-21(14-20)15-32-34(23)11-5-10-30-27-28-8-4-9-29-27/h4,6-8,12-15,22,27-30,33H,5,9-11,16H2,1-3H3,(H,31,35)(H,36,37). The van der Waals surface area contributed by atoms with Gasteiger partial charge in [-0.1, -0.05) is 23.8 Å². The molecule has 0 saturated carbocycles. The first-order valence-electron chi connectivity index (χ1n) is 13.0. The van der Waals surface area contributed by atoms with Crippen LogP contribution < -0.4 is 26.0 Å². The Bertz CT molecular complexity index is 1510. The van der Waals surface area contributed by atoms with E-state index in [1.165, 1.54) is 0 Å². The number of aliphatic carboxylic acids is 1. The van der Waals surface area contributed by atoms with Crippen LogP contribution >= 0.6 is 0 Å². The van der Waals surface area contributed by atoms with E-state index < -0.39 is 34.5 Å². The van der Waals surface area contributed by atoms with Crippen molar-refractivity contribution in [3.63, 3.8) is 0 Å². The molecule has 13 heteroatoms. The summed E-state index contributed by atoms with van der Waals surface area (Å²) in [5.41, 5.74) is 3.11. The second kappa shape index (κ2) is 12.6. The molecule has 2 unspecified atom stereocenters. The molecule has 0 aliphatic carbocycles. The summed E-state index contributed by atoms with van der Waals surface area (Å²) in [6.45, 7) is 7.01. The first-order valence-corrected chi connectivity index (χ1v) is 14.5. The molecule has 1 aliphatic rings. The minimum Gasteiger partial charge on any atom is -0.480 e. The van der Waals surface area contributed by atoms with E-state index in [0.717, 1.165) is 36.0 Å². The Kier molecular flexibility index (Phi) is 9.20. The average Bonchev–Trinajstić information content (AvgIpc) is 3.30. The number of nitrogens with zero attached hydrogens (tertiary/aromatic N) is 2. The fourth-order valence-corrected chi connectivity index (χ4v) is 6.44. The van der Waals surface area contributed by atoms with Crippen LogP contribution in [-0.4, -0.2) is 67.1 Å². The second-order valence-corrected chi connectivity index (χ2v) is 11.5. The predicted molar refractivity (Wildman–Crippen MR) is 151 cm³/mol. The van der Waals surface area contributed by atoms with Gasteiger partial charge in [0, 0.05) is 37.1 Å². The number of carbonyl (C=O) groups is 2. The van der Waals surface area contributed by atoms with Gasteiger partial charge in [-0.05, 0) is 62.7 Å². The van der Waals surface area contributed by atoms with Gasteiger partial charge in [-0.3, -0.25) is 24.9 Å². The first-order chi connectivity index (χ1) is 19.0. The topological polar surface area (TPSA) is 166 Å². The number of hydrogen-bond donors (Lipinski definition) is 6. The number of benzene rings is 2. The number of carboxylic acid groups (broad SMARTS) is 1. The van der Waals surface area contributed by atoms with E-state index >= 15 is 0 Å². The van der Waals surface area contributed by atoms with E-state index in [1.807, 2.05) is 23.9 Å². The molecule has 3 aromatic rings. The third-order valence-corrected chi connectivity index (χ3v) is 8.33. The van der Waals surface area contributed by atoms with Crippen LogP contribution in [0.1, 0.15) is 33.5 Å². The molecule has 1 amide bonds. The van der Waals surface area contributed by atoms with Crippen LogP contribution in [0.15, 0.2) is 53.7 Å². The Labute approximate surface area is 233 Å². The Morgan fingerprint density at radius 3 is 2.60 bits per heavy atom. The van der Waals surface area contributed by atoms with Gasteiger partial charge in [0.1, 0.15) is 12.3 Å². The number of hydrogen-bond acceptors (Lipinski definition) is 8. The number of nitrogens with one attached hydrogen (secondary N) is 5. The maximum Gasteiger partial charge on any atom is 0.323 e. The Hall–Kier alpha value is -3.78. The highest BCUT2D eigenvalue weighted by Crippen LogP contribution is 2.22. The summed E-state index contributed by atoms with van der Waals surface area (Å²) in [5.74, 6) is -1.92. The van der Waals surface area contributed by atoms with Crippen LogP contribution in [0.2, 0.25) is 0 Å². The van der Waals surface area contributed by atoms with E-state index in [4.69, 9.17) is 0 Å². The summed E-state index contributed by atoms with van der Waals surface area (Å²) in [6.07, 6.45) is 6.47. The lowest BCUT2D eigenvalue weighted by Crippen LogP contribution is -2.53. The van der Waals surface area contributed by atoms with Crippen molar-refractivity contribution in [3.05, 3.63) is 71.1 Å². The molecule has 4 rings (SSSR count). The highest BCUT2D eigenvalue weighted by atomic mass is 32.2. The molecule has 0 spiro atoms. The number of aromatic nitrogens is 2. The van der Waals surface area contributed by atoms with Gasteiger partial charge < -0.3 is 15.7 Å². The lowest BCUT2D eigenvalue weighted by Gasteiger charge is -2.22. The molecule has 0 fully saturated rings. The average molecular weight is 570 g/mol. The molecule has 6 N–H and O–H groups in total. The highest BCUT2D eigenvalue weighted by Gasteiger charge is 2.28. The summed E-state index contributed by atoms with van der Waals surface area (Å²) in [6, 6.07) is 6.99. The third kappa shape index (κ3) is 7.04. The molecule has 1 aliphatic heterocycles. The SMILES string of the molecule is Cc1cc(C)c(S(=O)(=O)NC(CNC(=O)c2ccc3c(cnn3CCCNC3NC=CCN3)c2)C(=O)O)c(C)c1. The number of aryl methyl sites for hydroxylation is 4. The molecule has 0 bridgehead atoms. The van der Waals surface area contributed by atoms with Crippen molar-refractivity contribution in [2.45, 2.75) is 51.0 Å². The van der Waals surface area contributed by atoms with E-state index in [1.54, 1.807) is 50.4 Å². The fourth-order valence-electron chi connectivity index (χ4n) is 4.79. The zero-order chi connectivity index (χ0) is 28.9. The van der Waals surface area contributed by atoms with E-state index in [9.17, 15) is 23.1 Å². The van der Waals surface area contributed by atoms with Gasteiger partial charge >= 0.3 is 5.97 Å². The number of rotatable bonds is 12. The quantitative estimate of drug-likeness (QED) is 0.175. The monoisotopic (exact) mass is 569 g/mol. The normalized spacial score (nSPS) is 16.0. The molecule has 12 nitrogen and oxygen atoms in total. The van der Waals surface area contributed by atoms with Crippen molar-refractivity contribution < 1.29 is 23.1 Å². The summed E-state index contributed by atoms with van der Waals surface area (Å²) in [4.78, 5) is 24.7. The highest BCUT2D eigenvalue weighted by molar-refractivity contribution is 7.89. The molecule has 0 saturated heterocycles. The first kappa shape index (κ1) is 29.2. The van der Waals surface area contributed by atoms with Gasteiger partial charge in [0.05, 0.1) is 16.6 Å². The number of fused-ring (bicyclic) bond motifs is 1. The molecule has 40 heavy (non-hydrogen) atoms. The lowest BCUT2D eigenvalue weighted by atomic mass is 10.1. The number of amides is 1. The summed E-state index contributed by atoms with van der Waals surface area (Å²) < 4.78 is 30.1. The molecule has 214 valence electrons. The molecule has 0 radical (unpaired) electrons. The van der Waals surface area contributed by atoms with Crippen molar-refractivity contribution in [1.29, 1.82) is 0 Å². The third-order valence-electron chi connectivity index (χ3n) is 6.56. The van der Waals surface area contributed by atoms with Crippen molar-refractivity contribution in [1.82, 2.24) is 35.8 Å². The fraction of sp³-hybridized carbons (Fsp3) is 0.370. The van der Waals surface area contributed by atoms with E-state index in [2.05, 4.69) is 31.1 Å². The predicted octanol–water partition coefficient (Wildman–Crippen LogP) is 1.09. The van der Waals surface area contributed by atoms with Crippen molar-refractivity contribution in [2.24, 2.45) is 0 Å². The Morgan fingerprint density at radius 1 is 1.18 bits per heavy atom. The Balaban J connectivity index is 1.35. The molecular weight excluding hydrogens is 534 g/mol. The molecule has 1 aromatic heterocycles. The molecule has 2 aromatic carbocycles. The molecular formula is C27H35N7O5S. The van der Waals surface area contributed by atoms with Gasteiger partial charge in [-0.2, -0.15) is 9.82 Å². The minimum atomic E-state index is -4.15. The number of carboxylic acids is 1. The maximum atomic E-state index is 13.0. The minimum absolute atomic E-state index is 0.0345. The van der Waals surface area contributed by atoms with Crippen molar-refractivity contribution in [3.8, 4) is 0 Å². The molecule has 2 atom stereocenters. The Morgan fingerprint density at radius 2 is 1.93 bits per heavy atom.